The SMILES string of the molecule is Cc1c(Cl)cccc1NC(=O)COC(=O)c1ccc2c(c1)C(=O)N(C(C(=O)OCC(=O)Nc1cccc(Cl)c1C)C(C)C)C2=O. The van der Waals surface area contributed by atoms with Crippen LogP contribution in [0.25, 0.3) is 0 Å². The molecule has 1 atom stereocenters. The first kappa shape index (κ1) is 33.2. The van der Waals surface area contributed by atoms with Crippen molar-refractivity contribution in [3.05, 3.63) is 92.5 Å². The molecule has 4 amide bonds. The van der Waals surface area contributed by atoms with Gasteiger partial charge in [-0.05, 0) is 73.4 Å². The highest BCUT2D eigenvalue weighted by Gasteiger charge is 2.45. The van der Waals surface area contributed by atoms with Gasteiger partial charge in [0.25, 0.3) is 23.6 Å². The Morgan fingerprint density at radius 1 is 0.756 bits per heavy atom. The summed E-state index contributed by atoms with van der Waals surface area (Å²) in [5.41, 5.74) is 1.93. The van der Waals surface area contributed by atoms with Crippen molar-refractivity contribution in [2.75, 3.05) is 23.8 Å². The summed E-state index contributed by atoms with van der Waals surface area (Å²) in [6, 6.07) is 12.3. The molecule has 0 aliphatic carbocycles. The third kappa shape index (κ3) is 7.33. The fourth-order valence-corrected chi connectivity index (χ4v) is 4.96. The van der Waals surface area contributed by atoms with Crippen LogP contribution in [-0.4, -0.2) is 59.7 Å². The van der Waals surface area contributed by atoms with Crippen LogP contribution >= 0.6 is 23.2 Å². The van der Waals surface area contributed by atoms with Crippen molar-refractivity contribution in [1.29, 1.82) is 0 Å². The van der Waals surface area contributed by atoms with E-state index in [0.717, 1.165) is 4.90 Å². The van der Waals surface area contributed by atoms with Gasteiger partial charge in [-0.2, -0.15) is 0 Å². The molecule has 0 radical (unpaired) electrons. The number of imide groups is 1. The molecule has 0 aromatic heterocycles. The molecule has 1 unspecified atom stereocenters. The molecule has 0 saturated heterocycles. The van der Waals surface area contributed by atoms with Gasteiger partial charge in [0.2, 0.25) is 0 Å². The summed E-state index contributed by atoms with van der Waals surface area (Å²) in [7, 11) is 0. The van der Waals surface area contributed by atoms with Crippen LogP contribution < -0.4 is 10.6 Å². The van der Waals surface area contributed by atoms with Crippen LogP contribution in [0.5, 0.6) is 0 Å². The maximum absolute atomic E-state index is 13.4. The third-order valence-electron chi connectivity index (χ3n) is 7.07. The second-order valence-electron chi connectivity index (χ2n) is 10.5. The lowest BCUT2D eigenvalue weighted by Crippen LogP contribution is -2.49. The highest BCUT2D eigenvalue weighted by atomic mass is 35.5. The molecule has 0 bridgehead atoms. The maximum Gasteiger partial charge on any atom is 0.338 e. The first-order chi connectivity index (χ1) is 21.3. The lowest BCUT2D eigenvalue weighted by atomic mass is 10.0. The molecule has 1 aliphatic rings. The van der Waals surface area contributed by atoms with E-state index in [0.29, 0.717) is 32.5 Å². The average molecular weight is 655 g/mol. The second kappa shape index (κ2) is 13.9. The summed E-state index contributed by atoms with van der Waals surface area (Å²) in [5.74, 6) is -5.29. The zero-order valence-electron chi connectivity index (χ0n) is 24.7. The number of hydrogen-bond donors (Lipinski definition) is 2. The first-order valence-electron chi connectivity index (χ1n) is 13.8. The van der Waals surface area contributed by atoms with E-state index in [1.165, 1.54) is 18.2 Å². The van der Waals surface area contributed by atoms with E-state index in [1.807, 2.05) is 0 Å². The lowest BCUT2D eigenvalue weighted by molar-refractivity contribution is -0.152. The first-order valence-corrected chi connectivity index (χ1v) is 14.5. The van der Waals surface area contributed by atoms with Gasteiger partial charge < -0.3 is 20.1 Å². The van der Waals surface area contributed by atoms with Gasteiger partial charge in [0.15, 0.2) is 13.2 Å². The quantitative estimate of drug-likeness (QED) is 0.224. The highest BCUT2D eigenvalue weighted by molar-refractivity contribution is 6.32. The molecule has 234 valence electrons. The number of benzene rings is 3. The zero-order chi connectivity index (χ0) is 33.0. The van der Waals surface area contributed by atoms with Gasteiger partial charge in [-0.3, -0.25) is 24.1 Å². The molecule has 0 fully saturated rings. The van der Waals surface area contributed by atoms with Crippen molar-refractivity contribution in [3.8, 4) is 0 Å². The van der Waals surface area contributed by atoms with E-state index in [4.69, 9.17) is 32.7 Å². The Bertz CT molecular complexity index is 1720. The number of carbonyl (C=O) groups excluding carboxylic acids is 6. The summed E-state index contributed by atoms with van der Waals surface area (Å²) in [6.45, 7) is 5.38. The van der Waals surface area contributed by atoms with Crippen molar-refractivity contribution in [3.63, 3.8) is 0 Å². The van der Waals surface area contributed by atoms with E-state index in [2.05, 4.69) is 10.6 Å². The summed E-state index contributed by atoms with van der Waals surface area (Å²) in [5, 5.41) is 6.11. The number of anilines is 2. The predicted octanol–water partition coefficient (Wildman–Crippen LogP) is 5.21. The summed E-state index contributed by atoms with van der Waals surface area (Å²) in [4.78, 5) is 78.0. The minimum Gasteiger partial charge on any atom is -0.454 e. The van der Waals surface area contributed by atoms with E-state index in [1.54, 1.807) is 64.1 Å². The number of amides is 4. The molecule has 0 spiro atoms. The second-order valence-corrected chi connectivity index (χ2v) is 11.3. The van der Waals surface area contributed by atoms with Gasteiger partial charge in [-0.25, -0.2) is 9.59 Å². The third-order valence-corrected chi connectivity index (χ3v) is 7.89. The number of esters is 2. The van der Waals surface area contributed by atoms with Crippen LogP contribution in [0.2, 0.25) is 10.0 Å². The maximum atomic E-state index is 13.4. The minimum absolute atomic E-state index is 0.0293. The van der Waals surface area contributed by atoms with Crippen molar-refractivity contribution >= 4 is 70.1 Å². The number of rotatable bonds is 10. The molecular weight excluding hydrogens is 625 g/mol. The smallest absolute Gasteiger partial charge is 0.338 e. The van der Waals surface area contributed by atoms with Crippen molar-refractivity contribution in [1.82, 2.24) is 4.90 Å². The molecule has 45 heavy (non-hydrogen) atoms. The number of nitrogens with zero attached hydrogens (tertiary/aromatic N) is 1. The molecule has 0 saturated carbocycles. The molecule has 1 aliphatic heterocycles. The van der Waals surface area contributed by atoms with Crippen LogP contribution in [0, 0.1) is 19.8 Å². The number of ether oxygens (including phenoxy) is 2. The van der Waals surface area contributed by atoms with E-state index in [9.17, 15) is 28.8 Å². The van der Waals surface area contributed by atoms with Crippen molar-refractivity contribution in [2.45, 2.75) is 33.7 Å². The fraction of sp³-hybridized carbons (Fsp3) is 0.250. The Kier molecular flexibility index (Phi) is 10.3. The molecule has 4 rings (SSSR count). The molecule has 3 aromatic rings. The van der Waals surface area contributed by atoms with Gasteiger partial charge in [0.05, 0.1) is 16.7 Å². The van der Waals surface area contributed by atoms with Gasteiger partial charge in [0, 0.05) is 21.4 Å². The van der Waals surface area contributed by atoms with Gasteiger partial charge in [-0.15, -0.1) is 0 Å². The number of fused-ring (bicyclic) bond motifs is 1. The summed E-state index contributed by atoms with van der Waals surface area (Å²) in [6.07, 6.45) is 0. The van der Waals surface area contributed by atoms with E-state index < -0.39 is 60.7 Å². The van der Waals surface area contributed by atoms with Crippen molar-refractivity contribution < 1.29 is 38.2 Å². The Balaban J connectivity index is 1.40. The summed E-state index contributed by atoms with van der Waals surface area (Å²) >= 11 is 12.1. The van der Waals surface area contributed by atoms with E-state index >= 15 is 0 Å². The molecule has 1 heterocycles. The largest absolute Gasteiger partial charge is 0.454 e. The van der Waals surface area contributed by atoms with Gasteiger partial charge in [0.1, 0.15) is 6.04 Å². The van der Waals surface area contributed by atoms with E-state index in [-0.39, 0.29) is 16.7 Å². The topological polar surface area (TPSA) is 148 Å². The molecule has 3 aromatic carbocycles. The monoisotopic (exact) mass is 653 g/mol. The normalized spacial score (nSPS) is 12.9. The summed E-state index contributed by atoms with van der Waals surface area (Å²) < 4.78 is 10.3. The fourth-order valence-electron chi connectivity index (χ4n) is 4.61. The Labute approximate surface area is 268 Å². The minimum atomic E-state index is -1.35. The zero-order valence-corrected chi connectivity index (χ0v) is 26.2. The standard InChI is InChI=1S/C32H29Cl2N3O8/c1-16(2)28(32(43)45-15-27(39)36-25-10-6-8-23(34)18(25)4)37-29(40)20-12-11-19(13-21(20)30(37)41)31(42)44-14-26(38)35-24-9-5-7-22(33)17(24)3/h5-13,16,28H,14-15H2,1-4H3,(H,35,38)(H,36,39). The lowest BCUT2D eigenvalue weighted by Gasteiger charge is -2.27. The highest BCUT2D eigenvalue weighted by Crippen LogP contribution is 2.29. The van der Waals surface area contributed by atoms with Crippen molar-refractivity contribution in [2.24, 2.45) is 5.92 Å². The number of carbonyl (C=O) groups is 6. The number of halogens is 2. The Hall–Kier alpha value is -4.74. The van der Waals surface area contributed by atoms with Gasteiger partial charge in [-0.1, -0.05) is 49.2 Å². The predicted molar refractivity (Wildman–Crippen MR) is 166 cm³/mol. The Morgan fingerprint density at radius 2 is 1.27 bits per heavy atom. The Morgan fingerprint density at radius 3 is 1.80 bits per heavy atom. The van der Waals surface area contributed by atoms with Crippen LogP contribution in [0.4, 0.5) is 11.4 Å². The number of hydrogen-bond acceptors (Lipinski definition) is 8. The van der Waals surface area contributed by atoms with Crippen LogP contribution in [0.1, 0.15) is 56.0 Å². The average Bonchev–Trinajstić information content (AvgIpc) is 3.24. The molecular formula is C32H29Cl2N3O8. The van der Waals surface area contributed by atoms with Crippen LogP contribution in [-0.2, 0) is 23.9 Å². The number of nitrogens with one attached hydrogen (secondary N) is 2. The molecule has 11 nitrogen and oxygen atoms in total. The van der Waals surface area contributed by atoms with Crippen LogP contribution in [0.3, 0.4) is 0 Å². The molecule has 2 N–H and O–H groups in total. The van der Waals surface area contributed by atoms with Crippen LogP contribution in [0.15, 0.2) is 54.6 Å². The molecule has 13 heteroatoms. The van der Waals surface area contributed by atoms with Gasteiger partial charge >= 0.3 is 11.9 Å².